The van der Waals surface area contributed by atoms with Gasteiger partial charge < -0.3 is 9.47 Å². The van der Waals surface area contributed by atoms with Crippen LogP contribution in [-0.4, -0.2) is 19.2 Å². The van der Waals surface area contributed by atoms with E-state index >= 15 is 0 Å². The maximum Gasteiger partial charge on any atom is 0.275 e. The Hall–Kier alpha value is -2.83. The van der Waals surface area contributed by atoms with Crippen LogP contribution < -0.4 is 14.9 Å². The van der Waals surface area contributed by atoms with Crippen LogP contribution in [0.15, 0.2) is 76.3 Å². The van der Waals surface area contributed by atoms with Gasteiger partial charge in [-0.1, -0.05) is 51.8 Å². The lowest BCUT2D eigenvalue weighted by atomic mass is 10.2. The molecule has 0 heterocycles. The Balaban J connectivity index is 1.67. The van der Waals surface area contributed by atoms with E-state index in [1.54, 1.807) is 43.7 Å². The van der Waals surface area contributed by atoms with Crippen LogP contribution in [0.3, 0.4) is 0 Å². The fraction of sp³-hybridized carbons (Fsp3) is 0.0909. The number of nitrogens with zero attached hydrogens (tertiary/aromatic N) is 1. The number of benzene rings is 3. The average Bonchev–Trinajstić information content (AvgIpc) is 2.75. The van der Waals surface area contributed by atoms with Crippen molar-refractivity contribution >= 4 is 39.7 Å². The second-order valence-electron chi connectivity index (χ2n) is 6.00. The zero-order valence-electron chi connectivity index (χ0n) is 15.6. The first-order valence-corrected chi connectivity index (χ1v) is 9.87. The van der Waals surface area contributed by atoms with E-state index in [2.05, 4.69) is 26.5 Å². The van der Waals surface area contributed by atoms with Crippen LogP contribution in [0.5, 0.6) is 11.5 Å². The molecule has 0 spiro atoms. The molecule has 0 fully saturated rings. The Morgan fingerprint density at radius 2 is 1.90 bits per heavy atom. The number of ether oxygens (including phenoxy) is 2. The minimum Gasteiger partial charge on any atom is -0.497 e. The smallest absolute Gasteiger partial charge is 0.275 e. The number of halogens is 2. The molecule has 0 saturated heterocycles. The van der Waals surface area contributed by atoms with Crippen molar-refractivity contribution < 1.29 is 14.3 Å². The molecule has 0 aliphatic rings. The molecule has 0 atom stereocenters. The molecule has 3 aromatic carbocycles. The summed E-state index contributed by atoms with van der Waals surface area (Å²) in [7, 11) is 1.59. The predicted octanol–water partition coefficient (Wildman–Crippen LogP) is 5.45. The zero-order valence-corrected chi connectivity index (χ0v) is 17.9. The van der Waals surface area contributed by atoms with Gasteiger partial charge in [-0.3, -0.25) is 4.79 Å². The Kier molecular flexibility index (Phi) is 7.27. The molecule has 0 unspecified atom stereocenters. The largest absolute Gasteiger partial charge is 0.497 e. The Morgan fingerprint density at radius 1 is 1.14 bits per heavy atom. The molecule has 29 heavy (non-hydrogen) atoms. The highest BCUT2D eigenvalue weighted by molar-refractivity contribution is 9.10. The van der Waals surface area contributed by atoms with Gasteiger partial charge >= 0.3 is 0 Å². The summed E-state index contributed by atoms with van der Waals surface area (Å²) in [5.74, 6) is 0.798. The van der Waals surface area contributed by atoms with Gasteiger partial charge in [-0.15, -0.1) is 0 Å². The normalized spacial score (nSPS) is 10.7. The number of hydrogen-bond acceptors (Lipinski definition) is 4. The van der Waals surface area contributed by atoms with Gasteiger partial charge in [-0.2, -0.15) is 5.10 Å². The molecule has 1 N–H and O–H groups in total. The van der Waals surface area contributed by atoms with Crippen LogP contribution in [-0.2, 0) is 6.61 Å². The SMILES string of the molecule is COc1ccc(Br)c(/C=N/NC(=O)c2ccccc2OCc2ccc(Cl)cc2)c1. The van der Waals surface area contributed by atoms with Gasteiger partial charge in [0.2, 0.25) is 0 Å². The number of methoxy groups -OCH3 is 1. The molecule has 0 bridgehead atoms. The summed E-state index contributed by atoms with van der Waals surface area (Å²) in [6, 6.07) is 19.8. The van der Waals surface area contributed by atoms with Gasteiger partial charge in [-0.25, -0.2) is 5.43 Å². The summed E-state index contributed by atoms with van der Waals surface area (Å²) >= 11 is 9.34. The molecule has 0 aliphatic heterocycles. The minimum atomic E-state index is -0.369. The maximum absolute atomic E-state index is 12.6. The lowest BCUT2D eigenvalue weighted by Crippen LogP contribution is -2.18. The van der Waals surface area contributed by atoms with E-state index in [4.69, 9.17) is 21.1 Å². The van der Waals surface area contributed by atoms with Crippen molar-refractivity contribution in [3.8, 4) is 11.5 Å². The summed E-state index contributed by atoms with van der Waals surface area (Å²) in [4.78, 5) is 12.6. The Labute approximate surface area is 182 Å². The van der Waals surface area contributed by atoms with E-state index in [0.717, 1.165) is 15.6 Å². The molecule has 3 aromatic rings. The highest BCUT2D eigenvalue weighted by Gasteiger charge is 2.11. The van der Waals surface area contributed by atoms with Crippen LogP contribution in [0, 0.1) is 0 Å². The lowest BCUT2D eigenvalue weighted by molar-refractivity contribution is 0.0950. The van der Waals surface area contributed by atoms with Crippen molar-refractivity contribution in [2.45, 2.75) is 6.61 Å². The fourth-order valence-corrected chi connectivity index (χ4v) is 2.97. The number of rotatable bonds is 7. The van der Waals surface area contributed by atoms with Gasteiger partial charge in [0.1, 0.15) is 18.1 Å². The second kappa shape index (κ2) is 10.1. The second-order valence-corrected chi connectivity index (χ2v) is 7.29. The monoisotopic (exact) mass is 472 g/mol. The molecular weight excluding hydrogens is 456 g/mol. The van der Waals surface area contributed by atoms with Crippen LogP contribution in [0.2, 0.25) is 5.02 Å². The van der Waals surface area contributed by atoms with E-state index in [1.807, 2.05) is 36.4 Å². The number of carbonyl (C=O) groups excluding carboxylic acids is 1. The van der Waals surface area contributed by atoms with Crippen LogP contribution in [0.25, 0.3) is 0 Å². The highest BCUT2D eigenvalue weighted by atomic mass is 79.9. The van der Waals surface area contributed by atoms with Gasteiger partial charge in [-0.05, 0) is 48.0 Å². The highest BCUT2D eigenvalue weighted by Crippen LogP contribution is 2.22. The van der Waals surface area contributed by atoms with E-state index in [9.17, 15) is 4.79 Å². The molecule has 5 nitrogen and oxygen atoms in total. The van der Waals surface area contributed by atoms with E-state index < -0.39 is 0 Å². The third-order valence-electron chi connectivity index (χ3n) is 4.01. The van der Waals surface area contributed by atoms with Gasteiger partial charge in [0.25, 0.3) is 5.91 Å². The van der Waals surface area contributed by atoms with Gasteiger partial charge in [0.05, 0.1) is 18.9 Å². The number of nitrogens with one attached hydrogen (secondary N) is 1. The molecular formula is C22H18BrClN2O3. The topological polar surface area (TPSA) is 59.9 Å². The van der Waals surface area contributed by atoms with Gasteiger partial charge in [0.15, 0.2) is 0 Å². The first kappa shape index (κ1) is 20.9. The average molecular weight is 474 g/mol. The van der Waals surface area contributed by atoms with Gasteiger partial charge in [0, 0.05) is 15.1 Å². The summed E-state index contributed by atoms with van der Waals surface area (Å²) in [5.41, 5.74) is 4.65. The van der Waals surface area contributed by atoms with E-state index in [-0.39, 0.29) is 5.91 Å². The lowest BCUT2D eigenvalue weighted by Gasteiger charge is -2.10. The van der Waals surface area contributed by atoms with Crippen molar-refractivity contribution in [2.75, 3.05) is 7.11 Å². The number of amides is 1. The molecule has 0 aliphatic carbocycles. The molecule has 7 heteroatoms. The molecule has 3 rings (SSSR count). The summed E-state index contributed by atoms with van der Waals surface area (Å²) in [5, 5.41) is 4.70. The van der Waals surface area contributed by atoms with Crippen molar-refractivity contribution in [3.63, 3.8) is 0 Å². The third kappa shape index (κ3) is 5.82. The number of para-hydroxylation sites is 1. The summed E-state index contributed by atoms with van der Waals surface area (Å²) in [6.45, 7) is 0.321. The molecule has 148 valence electrons. The van der Waals surface area contributed by atoms with Crippen molar-refractivity contribution in [3.05, 3.63) is 92.9 Å². The molecule has 0 aromatic heterocycles. The summed E-state index contributed by atoms with van der Waals surface area (Å²) < 4.78 is 11.9. The molecule has 0 saturated carbocycles. The first-order valence-electron chi connectivity index (χ1n) is 8.70. The van der Waals surface area contributed by atoms with E-state index in [1.165, 1.54) is 0 Å². The minimum absolute atomic E-state index is 0.321. The molecule has 0 radical (unpaired) electrons. The standard InChI is InChI=1S/C22H18BrClN2O3/c1-28-18-10-11-20(23)16(12-18)13-25-26-22(27)19-4-2-3-5-21(19)29-14-15-6-8-17(24)9-7-15/h2-13H,14H2,1H3,(H,26,27)/b25-13+. The first-order chi connectivity index (χ1) is 14.1. The quantitative estimate of drug-likeness (QED) is 0.366. The maximum atomic E-state index is 12.6. The summed E-state index contributed by atoms with van der Waals surface area (Å²) in [6.07, 6.45) is 1.54. The van der Waals surface area contributed by atoms with Crippen LogP contribution in [0.4, 0.5) is 0 Å². The van der Waals surface area contributed by atoms with Crippen LogP contribution >= 0.6 is 27.5 Å². The Morgan fingerprint density at radius 3 is 2.66 bits per heavy atom. The van der Waals surface area contributed by atoms with E-state index in [0.29, 0.717) is 28.7 Å². The fourth-order valence-electron chi connectivity index (χ4n) is 2.49. The number of hydrogen-bond donors (Lipinski definition) is 1. The zero-order chi connectivity index (χ0) is 20.6. The van der Waals surface area contributed by atoms with Crippen molar-refractivity contribution in [1.29, 1.82) is 0 Å². The number of hydrazone groups is 1. The van der Waals surface area contributed by atoms with Crippen LogP contribution in [0.1, 0.15) is 21.5 Å². The third-order valence-corrected chi connectivity index (χ3v) is 4.99. The van der Waals surface area contributed by atoms with Crippen molar-refractivity contribution in [2.24, 2.45) is 5.10 Å². The van der Waals surface area contributed by atoms with Crippen molar-refractivity contribution in [1.82, 2.24) is 5.43 Å². The molecule has 1 amide bonds. The number of carbonyl (C=O) groups is 1. The Bertz CT molecular complexity index is 1020. The predicted molar refractivity (Wildman–Crippen MR) is 118 cm³/mol.